The number of aryl methyl sites for hydroxylation is 1. The van der Waals surface area contributed by atoms with Crippen molar-refractivity contribution < 1.29 is 4.52 Å². The van der Waals surface area contributed by atoms with E-state index in [1.165, 1.54) is 11.1 Å². The molecule has 1 aromatic heterocycles. The molecule has 0 radical (unpaired) electrons. The van der Waals surface area contributed by atoms with E-state index in [2.05, 4.69) is 44.6 Å². The van der Waals surface area contributed by atoms with Crippen LogP contribution in [-0.2, 0) is 13.0 Å². The van der Waals surface area contributed by atoms with Gasteiger partial charge in [-0.3, -0.25) is 0 Å². The molecule has 0 bridgehead atoms. The van der Waals surface area contributed by atoms with Gasteiger partial charge in [0.25, 0.3) is 0 Å². The third-order valence-corrected chi connectivity index (χ3v) is 3.69. The third kappa shape index (κ3) is 2.28. The molecule has 0 saturated heterocycles. The van der Waals surface area contributed by atoms with E-state index >= 15 is 0 Å². The zero-order chi connectivity index (χ0) is 11.7. The van der Waals surface area contributed by atoms with E-state index < -0.39 is 0 Å². The average Bonchev–Trinajstić information content (AvgIpc) is 2.94. The normalized spacial score (nSPS) is 18.3. The van der Waals surface area contributed by atoms with Crippen LogP contribution < -0.4 is 5.32 Å². The van der Waals surface area contributed by atoms with E-state index in [9.17, 15) is 0 Å². The van der Waals surface area contributed by atoms with Crippen molar-refractivity contribution in [1.82, 2.24) is 10.5 Å². The fourth-order valence-corrected chi connectivity index (χ4v) is 2.72. The minimum atomic E-state index is 0.424. The molecular formula is C13H13BrN2O. The summed E-state index contributed by atoms with van der Waals surface area (Å²) in [7, 11) is 0. The zero-order valence-electron chi connectivity index (χ0n) is 9.32. The van der Waals surface area contributed by atoms with Crippen molar-refractivity contribution in [2.45, 2.75) is 25.4 Å². The molecule has 0 saturated carbocycles. The average molecular weight is 293 g/mol. The molecule has 3 rings (SSSR count). The summed E-state index contributed by atoms with van der Waals surface area (Å²) in [5.41, 5.74) is 2.85. The quantitative estimate of drug-likeness (QED) is 0.944. The maximum absolute atomic E-state index is 5.08. The Hall–Kier alpha value is -1.13. The van der Waals surface area contributed by atoms with Gasteiger partial charge in [-0.15, -0.1) is 0 Å². The molecule has 3 nitrogen and oxygen atoms in total. The summed E-state index contributed by atoms with van der Waals surface area (Å²) >= 11 is 3.53. The van der Waals surface area contributed by atoms with E-state index in [0.717, 1.165) is 29.6 Å². The van der Waals surface area contributed by atoms with E-state index in [1.807, 2.05) is 6.07 Å². The van der Waals surface area contributed by atoms with Crippen LogP contribution in [0.3, 0.4) is 0 Å². The van der Waals surface area contributed by atoms with Gasteiger partial charge in [0.2, 0.25) is 0 Å². The second-order valence-corrected chi connectivity index (χ2v) is 5.21. The molecule has 1 aliphatic carbocycles. The predicted octanol–water partition coefficient (Wildman–Crippen LogP) is 3.21. The first-order valence-corrected chi connectivity index (χ1v) is 6.53. The Morgan fingerprint density at radius 3 is 3.18 bits per heavy atom. The Morgan fingerprint density at radius 2 is 2.35 bits per heavy atom. The fourth-order valence-electron chi connectivity index (χ4n) is 2.34. The number of hydrogen-bond donors (Lipinski definition) is 1. The van der Waals surface area contributed by atoms with Gasteiger partial charge in [0.1, 0.15) is 5.76 Å². The highest BCUT2D eigenvalue weighted by Crippen LogP contribution is 2.33. The van der Waals surface area contributed by atoms with Crippen LogP contribution in [0.2, 0.25) is 0 Å². The molecule has 0 amide bonds. The Kier molecular flexibility index (Phi) is 2.99. The first-order valence-electron chi connectivity index (χ1n) is 5.74. The van der Waals surface area contributed by atoms with Gasteiger partial charge < -0.3 is 9.84 Å². The summed E-state index contributed by atoms with van der Waals surface area (Å²) in [4.78, 5) is 0. The summed E-state index contributed by atoms with van der Waals surface area (Å²) in [6.45, 7) is 0.733. The number of rotatable bonds is 3. The van der Waals surface area contributed by atoms with Crippen molar-refractivity contribution >= 4 is 15.9 Å². The Labute approximate surface area is 108 Å². The molecule has 1 unspecified atom stereocenters. The van der Waals surface area contributed by atoms with Crippen LogP contribution in [0.25, 0.3) is 0 Å². The largest absolute Gasteiger partial charge is 0.360 e. The predicted molar refractivity (Wildman–Crippen MR) is 68.5 cm³/mol. The summed E-state index contributed by atoms with van der Waals surface area (Å²) in [6.07, 6.45) is 3.98. The molecule has 1 N–H and O–H groups in total. The fraction of sp³-hybridized carbons (Fsp3) is 0.308. The first-order chi connectivity index (χ1) is 8.33. The standard InChI is InChI=1S/C13H13BrN2O/c14-10-3-1-9-2-4-13(12(9)7-10)15-8-11-5-6-16-17-11/h1,3,5-7,13,15H,2,4,8H2. The van der Waals surface area contributed by atoms with Crippen LogP contribution in [0.1, 0.15) is 29.3 Å². The smallest absolute Gasteiger partial charge is 0.150 e. The van der Waals surface area contributed by atoms with E-state index in [1.54, 1.807) is 6.20 Å². The van der Waals surface area contributed by atoms with Crippen LogP contribution in [-0.4, -0.2) is 5.16 Å². The highest BCUT2D eigenvalue weighted by Gasteiger charge is 2.22. The monoisotopic (exact) mass is 292 g/mol. The minimum Gasteiger partial charge on any atom is -0.360 e. The van der Waals surface area contributed by atoms with Gasteiger partial charge in [-0.25, -0.2) is 0 Å². The molecule has 1 heterocycles. The van der Waals surface area contributed by atoms with Crippen molar-refractivity contribution in [3.63, 3.8) is 0 Å². The maximum Gasteiger partial charge on any atom is 0.150 e. The second kappa shape index (κ2) is 4.63. The van der Waals surface area contributed by atoms with Crippen molar-refractivity contribution in [1.29, 1.82) is 0 Å². The third-order valence-electron chi connectivity index (χ3n) is 3.20. The van der Waals surface area contributed by atoms with Crippen LogP contribution in [0, 0.1) is 0 Å². The van der Waals surface area contributed by atoms with Gasteiger partial charge in [0.05, 0.1) is 12.7 Å². The minimum absolute atomic E-state index is 0.424. The molecule has 4 heteroatoms. The number of nitrogens with zero attached hydrogens (tertiary/aromatic N) is 1. The van der Waals surface area contributed by atoms with Crippen molar-refractivity contribution in [2.24, 2.45) is 0 Å². The van der Waals surface area contributed by atoms with E-state index in [4.69, 9.17) is 4.52 Å². The molecule has 1 aromatic carbocycles. The van der Waals surface area contributed by atoms with Gasteiger partial charge >= 0.3 is 0 Å². The SMILES string of the molecule is Brc1ccc2c(c1)C(NCc1ccno1)CC2. The maximum atomic E-state index is 5.08. The number of fused-ring (bicyclic) bond motifs is 1. The number of aromatic nitrogens is 1. The van der Waals surface area contributed by atoms with E-state index in [0.29, 0.717) is 6.04 Å². The molecule has 2 aromatic rings. The molecule has 0 spiro atoms. The Balaban J connectivity index is 1.73. The molecule has 0 aliphatic heterocycles. The van der Waals surface area contributed by atoms with Gasteiger partial charge in [-0.1, -0.05) is 27.2 Å². The molecule has 0 fully saturated rings. The summed E-state index contributed by atoms with van der Waals surface area (Å²) in [5.74, 6) is 0.883. The van der Waals surface area contributed by atoms with E-state index in [-0.39, 0.29) is 0 Å². The van der Waals surface area contributed by atoms with Gasteiger partial charge in [0, 0.05) is 16.6 Å². The van der Waals surface area contributed by atoms with Crippen molar-refractivity contribution in [2.75, 3.05) is 0 Å². The van der Waals surface area contributed by atoms with Crippen LogP contribution in [0.15, 0.2) is 39.5 Å². The highest BCUT2D eigenvalue weighted by atomic mass is 79.9. The molecule has 88 valence electrons. The summed E-state index contributed by atoms with van der Waals surface area (Å²) in [5, 5.41) is 7.22. The number of benzene rings is 1. The van der Waals surface area contributed by atoms with Crippen LogP contribution in [0.4, 0.5) is 0 Å². The van der Waals surface area contributed by atoms with Crippen molar-refractivity contribution in [3.05, 3.63) is 51.8 Å². The lowest BCUT2D eigenvalue weighted by atomic mass is 10.1. The summed E-state index contributed by atoms with van der Waals surface area (Å²) in [6, 6.07) is 8.84. The lowest BCUT2D eigenvalue weighted by Crippen LogP contribution is -2.18. The summed E-state index contributed by atoms with van der Waals surface area (Å²) < 4.78 is 6.23. The zero-order valence-corrected chi connectivity index (χ0v) is 10.9. The molecular weight excluding hydrogens is 280 g/mol. The number of hydrogen-bond acceptors (Lipinski definition) is 3. The lowest BCUT2D eigenvalue weighted by Gasteiger charge is -2.12. The second-order valence-electron chi connectivity index (χ2n) is 4.29. The molecule has 17 heavy (non-hydrogen) atoms. The van der Waals surface area contributed by atoms with Gasteiger partial charge in [-0.05, 0) is 36.1 Å². The number of nitrogens with one attached hydrogen (secondary N) is 1. The lowest BCUT2D eigenvalue weighted by molar-refractivity contribution is 0.363. The highest BCUT2D eigenvalue weighted by molar-refractivity contribution is 9.10. The van der Waals surface area contributed by atoms with Crippen LogP contribution >= 0.6 is 15.9 Å². The molecule has 1 atom stereocenters. The Bertz CT molecular complexity index is 510. The van der Waals surface area contributed by atoms with Gasteiger partial charge in [0.15, 0.2) is 0 Å². The molecule has 1 aliphatic rings. The van der Waals surface area contributed by atoms with Gasteiger partial charge in [-0.2, -0.15) is 0 Å². The Morgan fingerprint density at radius 1 is 1.41 bits per heavy atom. The number of halogens is 1. The van der Waals surface area contributed by atoms with Crippen molar-refractivity contribution in [3.8, 4) is 0 Å². The first kappa shape index (κ1) is 11.0. The van der Waals surface area contributed by atoms with Crippen LogP contribution in [0.5, 0.6) is 0 Å². The topological polar surface area (TPSA) is 38.1 Å².